The van der Waals surface area contributed by atoms with Crippen LogP contribution in [0.2, 0.25) is 0 Å². The second kappa shape index (κ2) is 4.60. The van der Waals surface area contributed by atoms with Crippen LogP contribution in [-0.4, -0.2) is 31.0 Å². The molecule has 0 unspecified atom stereocenters. The highest BCUT2D eigenvalue weighted by Crippen LogP contribution is 2.33. The van der Waals surface area contributed by atoms with Crippen molar-refractivity contribution in [3.8, 4) is 17.0 Å². The van der Waals surface area contributed by atoms with E-state index in [1.165, 1.54) is 0 Å². The van der Waals surface area contributed by atoms with Crippen LogP contribution in [0.3, 0.4) is 0 Å². The van der Waals surface area contributed by atoms with Gasteiger partial charge in [0.1, 0.15) is 11.6 Å². The van der Waals surface area contributed by atoms with Gasteiger partial charge in [0, 0.05) is 38.5 Å². The molecule has 5 heteroatoms. The van der Waals surface area contributed by atoms with Crippen molar-refractivity contribution in [2.24, 2.45) is 7.05 Å². The van der Waals surface area contributed by atoms with Crippen LogP contribution in [0.5, 0.6) is 5.75 Å². The van der Waals surface area contributed by atoms with Gasteiger partial charge in [-0.15, -0.1) is 0 Å². The first kappa shape index (κ1) is 12.3. The van der Waals surface area contributed by atoms with Gasteiger partial charge in [-0.2, -0.15) is 5.10 Å². The van der Waals surface area contributed by atoms with Gasteiger partial charge in [0.2, 0.25) is 0 Å². The lowest BCUT2D eigenvalue weighted by molar-refractivity contribution is 0.415. The second-order valence-corrected chi connectivity index (χ2v) is 4.36. The van der Waals surface area contributed by atoms with Crippen molar-refractivity contribution < 1.29 is 4.74 Å². The number of ether oxygens (including phenoxy) is 1. The average molecular weight is 246 g/mol. The Hall–Kier alpha value is -2.17. The number of nitrogens with two attached hydrogens (primary N) is 1. The minimum absolute atomic E-state index is 0.637. The first-order valence-corrected chi connectivity index (χ1v) is 5.68. The summed E-state index contributed by atoms with van der Waals surface area (Å²) in [6.07, 6.45) is 0. The van der Waals surface area contributed by atoms with Gasteiger partial charge in [0.15, 0.2) is 0 Å². The molecule has 2 aromatic rings. The number of benzene rings is 1. The van der Waals surface area contributed by atoms with Crippen LogP contribution in [0.25, 0.3) is 11.3 Å². The summed E-state index contributed by atoms with van der Waals surface area (Å²) >= 11 is 0. The fraction of sp³-hybridized carbons (Fsp3) is 0.308. The molecule has 0 radical (unpaired) electrons. The molecule has 0 atom stereocenters. The average Bonchev–Trinajstić information content (AvgIpc) is 2.68. The van der Waals surface area contributed by atoms with Crippen LogP contribution in [0.15, 0.2) is 24.3 Å². The molecule has 18 heavy (non-hydrogen) atoms. The van der Waals surface area contributed by atoms with E-state index in [4.69, 9.17) is 10.5 Å². The Morgan fingerprint density at radius 1 is 1.28 bits per heavy atom. The number of aromatic nitrogens is 2. The molecule has 2 rings (SSSR count). The van der Waals surface area contributed by atoms with Gasteiger partial charge in [-0.25, -0.2) is 0 Å². The van der Waals surface area contributed by atoms with E-state index in [9.17, 15) is 0 Å². The number of nitrogen functional groups attached to an aromatic ring is 1. The van der Waals surface area contributed by atoms with Crippen molar-refractivity contribution >= 4 is 11.5 Å². The fourth-order valence-electron chi connectivity index (χ4n) is 1.85. The van der Waals surface area contributed by atoms with Gasteiger partial charge in [-0.1, -0.05) is 0 Å². The first-order chi connectivity index (χ1) is 8.52. The molecule has 0 aliphatic rings. The molecule has 1 heterocycles. The van der Waals surface area contributed by atoms with E-state index in [0.717, 1.165) is 22.7 Å². The van der Waals surface area contributed by atoms with E-state index in [1.54, 1.807) is 11.8 Å². The zero-order valence-corrected chi connectivity index (χ0v) is 11.1. The molecular weight excluding hydrogens is 228 g/mol. The number of aryl methyl sites for hydroxylation is 1. The minimum Gasteiger partial charge on any atom is -0.497 e. The third-order valence-corrected chi connectivity index (χ3v) is 2.88. The predicted octanol–water partition coefficient (Wildman–Crippen LogP) is 1.74. The standard InChI is InChI=1S/C13H18N4O/c1-16(2)12-6-5-9(18-4)7-10(12)11-8-13(14)17(3)15-11/h5-8H,14H2,1-4H3. The Morgan fingerprint density at radius 2 is 2.00 bits per heavy atom. The lowest BCUT2D eigenvalue weighted by Crippen LogP contribution is -2.10. The largest absolute Gasteiger partial charge is 0.497 e. The molecule has 0 aliphatic carbocycles. The molecule has 0 bridgehead atoms. The Morgan fingerprint density at radius 3 is 2.50 bits per heavy atom. The van der Waals surface area contributed by atoms with Crippen molar-refractivity contribution in [3.05, 3.63) is 24.3 Å². The highest BCUT2D eigenvalue weighted by atomic mass is 16.5. The summed E-state index contributed by atoms with van der Waals surface area (Å²) in [6, 6.07) is 7.78. The van der Waals surface area contributed by atoms with Crippen LogP contribution >= 0.6 is 0 Å². The Labute approximate surface area is 107 Å². The zero-order valence-electron chi connectivity index (χ0n) is 11.1. The quantitative estimate of drug-likeness (QED) is 0.896. The van der Waals surface area contributed by atoms with Crippen molar-refractivity contribution in [2.75, 3.05) is 31.8 Å². The lowest BCUT2D eigenvalue weighted by atomic mass is 10.1. The Bertz CT molecular complexity index is 541. The molecule has 0 saturated heterocycles. The molecular formula is C13H18N4O. The third kappa shape index (κ3) is 2.11. The molecule has 0 saturated carbocycles. The number of nitrogens with zero attached hydrogens (tertiary/aromatic N) is 3. The van der Waals surface area contributed by atoms with Crippen LogP contribution in [0.4, 0.5) is 11.5 Å². The van der Waals surface area contributed by atoms with Crippen molar-refractivity contribution in [1.82, 2.24) is 9.78 Å². The SMILES string of the molecule is COc1ccc(N(C)C)c(-c2cc(N)n(C)n2)c1. The summed E-state index contributed by atoms with van der Waals surface area (Å²) < 4.78 is 6.92. The van der Waals surface area contributed by atoms with E-state index in [0.29, 0.717) is 5.82 Å². The van der Waals surface area contributed by atoms with Crippen LogP contribution in [0, 0.1) is 0 Å². The van der Waals surface area contributed by atoms with Crippen LogP contribution < -0.4 is 15.4 Å². The van der Waals surface area contributed by atoms with Crippen LogP contribution in [0.1, 0.15) is 0 Å². The molecule has 0 aliphatic heterocycles. The molecule has 96 valence electrons. The molecule has 5 nitrogen and oxygen atoms in total. The summed E-state index contributed by atoms with van der Waals surface area (Å²) in [5.74, 6) is 1.44. The summed E-state index contributed by atoms with van der Waals surface area (Å²) in [7, 11) is 7.48. The molecule has 0 fully saturated rings. The van der Waals surface area contributed by atoms with E-state index in [1.807, 2.05) is 50.3 Å². The number of rotatable bonds is 3. The minimum atomic E-state index is 0.637. The van der Waals surface area contributed by atoms with E-state index in [-0.39, 0.29) is 0 Å². The van der Waals surface area contributed by atoms with Crippen molar-refractivity contribution in [2.45, 2.75) is 0 Å². The third-order valence-electron chi connectivity index (χ3n) is 2.88. The first-order valence-electron chi connectivity index (χ1n) is 5.68. The Balaban J connectivity index is 2.59. The Kier molecular flexibility index (Phi) is 3.14. The lowest BCUT2D eigenvalue weighted by Gasteiger charge is -2.17. The number of hydrogen-bond acceptors (Lipinski definition) is 4. The predicted molar refractivity (Wildman–Crippen MR) is 73.9 cm³/mol. The number of hydrogen-bond donors (Lipinski definition) is 1. The maximum atomic E-state index is 5.83. The fourth-order valence-corrected chi connectivity index (χ4v) is 1.85. The highest BCUT2D eigenvalue weighted by Gasteiger charge is 2.12. The monoisotopic (exact) mass is 246 g/mol. The summed E-state index contributed by atoms with van der Waals surface area (Å²) in [5.41, 5.74) is 8.76. The smallest absolute Gasteiger partial charge is 0.121 e. The van der Waals surface area contributed by atoms with Crippen LogP contribution in [-0.2, 0) is 7.05 Å². The summed E-state index contributed by atoms with van der Waals surface area (Å²) in [5, 5.41) is 4.41. The zero-order chi connectivity index (χ0) is 13.3. The maximum Gasteiger partial charge on any atom is 0.121 e. The molecule has 0 spiro atoms. The summed E-state index contributed by atoms with van der Waals surface area (Å²) in [6.45, 7) is 0. The molecule has 0 amide bonds. The van der Waals surface area contributed by atoms with Gasteiger partial charge in [-0.3, -0.25) is 4.68 Å². The van der Waals surface area contributed by atoms with Crippen molar-refractivity contribution in [3.63, 3.8) is 0 Å². The number of methoxy groups -OCH3 is 1. The molecule has 1 aromatic heterocycles. The van der Waals surface area contributed by atoms with Crippen molar-refractivity contribution in [1.29, 1.82) is 0 Å². The van der Waals surface area contributed by atoms with E-state index >= 15 is 0 Å². The van der Waals surface area contributed by atoms with E-state index in [2.05, 4.69) is 5.10 Å². The highest BCUT2D eigenvalue weighted by molar-refractivity contribution is 5.78. The van der Waals surface area contributed by atoms with Gasteiger partial charge < -0.3 is 15.4 Å². The molecule has 2 N–H and O–H groups in total. The molecule has 1 aromatic carbocycles. The topological polar surface area (TPSA) is 56.3 Å². The second-order valence-electron chi connectivity index (χ2n) is 4.36. The number of anilines is 2. The summed E-state index contributed by atoms with van der Waals surface area (Å²) in [4.78, 5) is 2.04. The van der Waals surface area contributed by atoms with Gasteiger partial charge >= 0.3 is 0 Å². The normalized spacial score (nSPS) is 10.4. The van der Waals surface area contributed by atoms with Gasteiger partial charge in [0.25, 0.3) is 0 Å². The van der Waals surface area contributed by atoms with E-state index < -0.39 is 0 Å². The van der Waals surface area contributed by atoms with Gasteiger partial charge in [0.05, 0.1) is 12.8 Å². The maximum absolute atomic E-state index is 5.83. The van der Waals surface area contributed by atoms with Gasteiger partial charge in [-0.05, 0) is 18.2 Å².